The lowest BCUT2D eigenvalue weighted by molar-refractivity contribution is 0.0696. The molecule has 0 saturated carbocycles. The lowest BCUT2D eigenvalue weighted by Gasteiger charge is -2.34. The molecule has 0 aromatic heterocycles. The molecular formula is C22H27N3O4. The number of carbonyl (C=O) groups excluding carboxylic acids is 1. The second kappa shape index (κ2) is 10.0. The van der Waals surface area contributed by atoms with E-state index in [9.17, 15) is 9.59 Å². The molecule has 0 aliphatic carbocycles. The monoisotopic (exact) mass is 397 g/mol. The molecule has 0 radical (unpaired) electrons. The van der Waals surface area contributed by atoms with Gasteiger partial charge in [0.15, 0.2) is 0 Å². The van der Waals surface area contributed by atoms with Crippen LogP contribution in [-0.4, -0.2) is 73.2 Å². The fourth-order valence-corrected chi connectivity index (χ4v) is 3.40. The number of rotatable bonds is 8. The summed E-state index contributed by atoms with van der Waals surface area (Å²) >= 11 is 0. The molecule has 7 heteroatoms. The zero-order valence-electron chi connectivity index (χ0n) is 16.6. The van der Waals surface area contributed by atoms with Gasteiger partial charge >= 0.3 is 5.97 Å². The van der Waals surface area contributed by atoms with Crippen molar-refractivity contribution in [3.05, 3.63) is 65.2 Å². The predicted octanol–water partition coefficient (Wildman–Crippen LogP) is 1.94. The second-order valence-electron chi connectivity index (χ2n) is 7.11. The van der Waals surface area contributed by atoms with E-state index in [0.29, 0.717) is 17.7 Å². The Kier molecular flexibility index (Phi) is 7.21. The number of nitrogens with zero attached hydrogens (tertiary/aromatic N) is 2. The van der Waals surface area contributed by atoms with Crippen molar-refractivity contribution in [2.24, 2.45) is 0 Å². The Bertz CT molecular complexity index is 830. The average molecular weight is 397 g/mol. The first-order chi connectivity index (χ1) is 14.0. The third-order valence-electron chi connectivity index (χ3n) is 5.11. The molecular weight excluding hydrogens is 370 g/mol. The van der Waals surface area contributed by atoms with E-state index in [1.165, 1.54) is 0 Å². The highest BCUT2D eigenvalue weighted by Crippen LogP contribution is 2.12. The fourth-order valence-electron chi connectivity index (χ4n) is 3.40. The summed E-state index contributed by atoms with van der Waals surface area (Å²) in [6.45, 7) is 5.86. The van der Waals surface area contributed by atoms with E-state index in [1.54, 1.807) is 49.6 Å². The van der Waals surface area contributed by atoms with Crippen molar-refractivity contribution >= 4 is 11.9 Å². The Labute approximate surface area is 170 Å². The molecule has 2 aromatic rings. The van der Waals surface area contributed by atoms with E-state index in [0.717, 1.165) is 50.6 Å². The molecule has 1 aliphatic rings. The Morgan fingerprint density at radius 3 is 2.34 bits per heavy atom. The Balaban J connectivity index is 1.38. The topological polar surface area (TPSA) is 82.1 Å². The zero-order chi connectivity index (χ0) is 20.6. The van der Waals surface area contributed by atoms with Gasteiger partial charge in [0.2, 0.25) is 0 Å². The number of methoxy groups -OCH3 is 1. The van der Waals surface area contributed by atoms with Gasteiger partial charge in [-0.1, -0.05) is 12.1 Å². The van der Waals surface area contributed by atoms with Crippen LogP contribution in [0.2, 0.25) is 0 Å². The summed E-state index contributed by atoms with van der Waals surface area (Å²) in [6, 6.07) is 14.2. The molecule has 3 rings (SSSR count). The Morgan fingerprint density at radius 2 is 1.69 bits per heavy atom. The average Bonchev–Trinajstić information content (AvgIpc) is 2.75. The number of nitrogens with one attached hydrogen (secondary N) is 1. The first-order valence-electron chi connectivity index (χ1n) is 9.74. The summed E-state index contributed by atoms with van der Waals surface area (Å²) in [5.41, 5.74) is 1.97. The highest BCUT2D eigenvalue weighted by Gasteiger charge is 2.17. The fraction of sp³-hybridized carbons (Fsp3) is 0.364. The van der Waals surface area contributed by atoms with Crippen LogP contribution in [-0.2, 0) is 6.54 Å². The second-order valence-corrected chi connectivity index (χ2v) is 7.11. The van der Waals surface area contributed by atoms with Crippen LogP contribution < -0.4 is 10.1 Å². The molecule has 1 amide bonds. The first-order valence-corrected chi connectivity index (χ1v) is 9.74. The highest BCUT2D eigenvalue weighted by molar-refractivity contribution is 5.94. The Morgan fingerprint density at radius 1 is 1.00 bits per heavy atom. The maximum atomic E-state index is 12.2. The van der Waals surface area contributed by atoms with Gasteiger partial charge in [-0.3, -0.25) is 14.6 Å². The molecule has 0 spiro atoms. The van der Waals surface area contributed by atoms with Crippen molar-refractivity contribution in [1.29, 1.82) is 0 Å². The summed E-state index contributed by atoms with van der Waals surface area (Å²) < 4.78 is 5.10. The molecule has 0 bridgehead atoms. The lowest BCUT2D eigenvalue weighted by Crippen LogP contribution is -2.48. The van der Waals surface area contributed by atoms with Gasteiger partial charge in [-0.25, -0.2) is 4.79 Å². The molecule has 29 heavy (non-hydrogen) atoms. The van der Waals surface area contributed by atoms with Crippen LogP contribution in [0.5, 0.6) is 5.75 Å². The number of piperazine rings is 1. The van der Waals surface area contributed by atoms with Gasteiger partial charge in [0.1, 0.15) is 5.75 Å². The minimum absolute atomic E-state index is 0.0791. The summed E-state index contributed by atoms with van der Waals surface area (Å²) in [4.78, 5) is 28.0. The van der Waals surface area contributed by atoms with Crippen molar-refractivity contribution < 1.29 is 19.4 Å². The molecule has 1 aliphatic heterocycles. The quantitative estimate of drug-likeness (QED) is 0.709. The lowest BCUT2D eigenvalue weighted by atomic mass is 10.1. The maximum absolute atomic E-state index is 12.2. The largest absolute Gasteiger partial charge is 0.497 e. The number of carbonyl (C=O) groups is 2. The summed E-state index contributed by atoms with van der Waals surface area (Å²) in [7, 11) is 1.60. The van der Waals surface area contributed by atoms with Gasteiger partial charge in [-0.15, -0.1) is 0 Å². The van der Waals surface area contributed by atoms with Crippen molar-refractivity contribution in [3.8, 4) is 5.75 Å². The normalized spacial score (nSPS) is 15.1. The van der Waals surface area contributed by atoms with Crippen molar-refractivity contribution in [3.63, 3.8) is 0 Å². The van der Waals surface area contributed by atoms with E-state index < -0.39 is 5.97 Å². The van der Waals surface area contributed by atoms with Gasteiger partial charge in [0.25, 0.3) is 5.91 Å². The standard InChI is InChI=1S/C22H27N3O4/c1-29-20-7-5-18(6-8-20)21(26)23-9-10-24-11-13-25(14-12-24)16-17-3-2-4-19(15-17)22(27)28/h2-8,15H,9-14,16H2,1H3,(H,23,26)(H,27,28). The van der Waals surface area contributed by atoms with E-state index in [4.69, 9.17) is 9.84 Å². The molecule has 0 atom stereocenters. The third-order valence-corrected chi connectivity index (χ3v) is 5.11. The van der Waals surface area contributed by atoms with E-state index in [-0.39, 0.29) is 5.91 Å². The molecule has 154 valence electrons. The zero-order valence-corrected chi connectivity index (χ0v) is 16.6. The van der Waals surface area contributed by atoms with Crippen molar-refractivity contribution in [2.75, 3.05) is 46.4 Å². The number of hydrogen-bond donors (Lipinski definition) is 2. The summed E-state index contributed by atoms with van der Waals surface area (Å²) in [6.07, 6.45) is 0. The SMILES string of the molecule is COc1ccc(C(=O)NCCN2CCN(Cc3cccc(C(=O)O)c3)CC2)cc1. The van der Waals surface area contributed by atoms with Gasteiger partial charge in [-0.05, 0) is 42.0 Å². The number of benzene rings is 2. The molecule has 0 unspecified atom stereocenters. The Hall–Kier alpha value is -2.90. The summed E-state index contributed by atoms with van der Waals surface area (Å²) in [5.74, 6) is -0.243. The number of hydrogen-bond acceptors (Lipinski definition) is 5. The predicted molar refractivity (Wildman–Crippen MR) is 110 cm³/mol. The smallest absolute Gasteiger partial charge is 0.335 e. The molecule has 7 nitrogen and oxygen atoms in total. The van der Waals surface area contributed by atoms with Crippen LogP contribution in [0.3, 0.4) is 0 Å². The molecule has 1 heterocycles. The van der Waals surface area contributed by atoms with E-state index in [1.807, 2.05) is 6.07 Å². The minimum Gasteiger partial charge on any atom is -0.497 e. The molecule has 2 N–H and O–H groups in total. The van der Waals surface area contributed by atoms with Crippen LogP contribution in [0.1, 0.15) is 26.3 Å². The van der Waals surface area contributed by atoms with Gasteiger partial charge in [0.05, 0.1) is 12.7 Å². The minimum atomic E-state index is -0.895. The van der Waals surface area contributed by atoms with Gasteiger partial charge in [-0.2, -0.15) is 0 Å². The molecule has 1 fully saturated rings. The number of aromatic carboxylic acids is 1. The van der Waals surface area contributed by atoms with E-state index in [2.05, 4.69) is 15.1 Å². The molecule has 1 saturated heterocycles. The van der Waals surface area contributed by atoms with Crippen LogP contribution in [0.15, 0.2) is 48.5 Å². The highest BCUT2D eigenvalue weighted by atomic mass is 16.5. The summed E-state index contributed by atoms with van der Waals surface area (Å²) in [5, 5.41) is 12.1. The van der Waals surface area contributed by atoms with Crippen LogP contribution in [0.25, 0.3) is 0 Å². The van der Waals surface area contributed by atoms with Crippen LogP contribution in [0.4, 0.5) is 0 Å². The third kappa shape index (κ3) is 6.04. The van der Waals surface area contributed by atoms with E-state index >= 15 is 0 Å². The van der Waals surface area contributed by atoms with Crippen LogP contribution >= 0.6 is 0 Å². The number of ether oxygens (including phenoxy) is 1. The van der Waals surface area contributed by atoms with Gasteiger partial charge in [0, 0.05) is 51.4 Å². The number of carboxylic acid groups (broad SMARTS) is 1. The van der Waals surface area contributed by atoms with Crippen molar-refractivity contribution in [2.45, 2.75) is 6.54 Å². The first kappa shape index (κ1) is 20.8. The van der Waals surface area contributed by atoms with Crippen molar-refractivity contribution in [1.82, 2.24) is 15.1 Å². The molecule has 2 aromatic carbocycles. The number of amides is 1. The van der Waals surface area contributed by atoms with Crippen LogP contribution in [0, 0.1) is 0 Å². The maximum Gasteiger partial charge on any atom is 0.335 e. The number of carboxylic acids is 1. The van der Waals surface area contributed by atoms with Gasteiger partial charge < -0.3 is 15.2 Å².